The Bertz CT molecular complexity index is 610. The van der Waals surface area contributed by atoms with Crippen LogP contribution in [0, 0.1) is 16.7 Å². The Morgan fingerprint density at radius 2 is 1.83 bits per heavy atom. The molecule has 1 aromatic rings. The van der Waals surface area contributed by atoms with Crippen LogP contribution in [-0.2, 0) is 6.54 Å². The molecule has 4 aliphatic rings. The third-order valence-corrected chi connectivity index (χ3v) is 7.13. The fraction of sp³-hybridized carbons (Fsp3) is 0.700. The van der Waals surface area contributed by atoms with Crippen LogP contribution in [0.15, 0.2) is 22.7 Å². The first-order chi connectivity index (χ1) is 10.8. The summed E-state index contributed by atoms with van der Waals surface area (Å²) in [7, 11) is 1.72. The van der Waals surface area contributed by atoms with Gasteiger partial charge in [-0.3, -0.25) is 0 Å². The summed E-state index contributed by atoms with van der Waals surface area (Å²) < 4.78 is 6.38. The molecule has 3 heteroatoms. The molecule has 126 valence electrons. The van der Waals surface area contributed by atoms with Crippen molar-refractivity contribution in [2.24, 2.45) is 16.7 Å². The van der Waals surface area contributed by atoms with E-state index in [0.717, 1.165) is 22.7 Å². The van der Waals surface area contributed by atoms with Crippen LogP contribution < -0.4 is 10.1 Å². The molecule has 5 rings (SSSR count). The second kappa shape index (κ2) is 5.23. The van der Waals surface area contributed by atoms with Crippen LogP contribution in [0.1, 0.15) is 57.9 Å². The fourth-order valence-corrected chi connectivity index (χ4v) is 7.34. The second-order valence-electron chi connectivity index (χ2n) is 9.23. The number of methoxy groups -OCH3 is 1. The molecule has 0 aliphatic heterocycles. The van der Waals surface area contributed by atoms with Crippen LogP contribution in [0.2, 0.25) is 0 Å². The van der Waals surface area contributed by atoms with E-state index in [4.69, 9.17) is 4.74 Å². The molecule has 1 N–H and O–H groups in total. The Morgan fingerprint density at radius 3 is 2.39 bits per heavy atom. The van der Waals surface area contributed by atoms with Gasteiger partial charge in [0.1, 0.15) is 5.75 Å². The van der Waals surface area contributed by atoms with E-state index in [1.807, 2.05) is 0 Å². The first-order valence-electron chi connectivity index (χ1n) is 8.90. The van der Waals surface area contributed by atoms with Crippen molar-refractivity contribution in [2.75, 3.05) is 7.11 Å². The number of nitrogens with one attached hydrogen (secondary N) is 1. The van der Waals surface area contributed by atoms with Crippen molar-refractivity contribution < 1.29 is 4.74 Å². The number of hydrogen-bond acceptors (Lipinski definition) is 2. The molecule has 0 spiro atoms. The van der Waals surface area contributed by atoms with Gasteiger partial charge in [0.2, 0.25) is 0 Å². The van der Waals surface area contributed by atoms with Gasteiger partial charge in [0.15, 0.2) is 0 Å². The fourth-order valence-electron chi connectivity index (χ4n) is 6.75. The summed E-state index contributed by atoms with van der Waals surface area (Å²) in [5, 5.41) is 4.00. The molecule has 2 unspecified atom stereocenters. The number of rotatable bonds is 4. The zero-order chi connectivity index (χ0) is 16.3. The van der Waals surface area contributed by atoms with Gasteiger partial charge < -0.3 is 10.1 Å². The zero-order valence-corrected chi connectivity index (χ0v) is 16.1. The van der Waals surface area contributed by atoms with Crippen LogP contribution in [0.3, 0.4) is 0 Å². The zero-order valence-electron chi connectivity index (χ0n) is 14.5. The van der Waals surface area contributed by atoms with Crippen molar-refractivity contribution in [1.29, 1.82) is 0 Å². The molecule has 23 heavy (non-hydrogen) atoms. The molecule has 0 heterocycles. The van der Waals surface area contributed by atoms with Gasteiger partial charge in [0, 0.05) is 12.1 Å². The summed E-state index contributed by atoms with van der Waals surface area (Å²) in [5.74, 6) is 1.85. The SMILES string of the molecule is COc1ccc(CNC23CC4CC(C)(CC(C)(C4)C2)C3)cc1Br. The lowest BCUT2D eigenvalue weighted by atomic mass is 9.43. The maximum absolute atomic E-state index is 5.34. The minimum atomic E-state index is 0.370. The molecule has 0 amide bonds. The van der Waals surface area contributed by atoms with E-state index in [2.05, 4.69) is 53.3 Å². The van der Waals surface area contributed by atoms with Gasteiger partial charge in [-0.05, 0) is 88.9 Å². The molecule has 4 fully saturated rings. The lowest BCUT2D eigenvalue weighted by Crippen LogP contribution is -2.63. The predicted molar refractivity (Wildman–Crippen MR) is 97.7 cm³/mol. The molecule has 0 saturated heterocycles. The predicted octanol–water partition coefficient (Wildman–Crippen LogP) is 5.30. The van der Waals surface area contributed by atoms with Crippen molar-refractivity contribution in [3.8, 4) is 5.75 Å². The van der Waals surface area contributed by atoms with Gasteiger partial charge in [0.05, 0.1) is 11.6 Å². The van der Waals surface area contributed by atoms with Gasteiger partial charge in [-0.15, -0.1) is 0 Å². The van der Waals surface area contributed by atoms with E-state index in [1.54, 1.807) is 7.11 Å². The monoisotopic (exact) mass is 377 g/mol. The van der Waals surface area contributed by atoms with Crippen LogP contribution in [0.4, 0.5) is 0 Å². The van der Waals surface area contributed by atoms with Gasteiger partial charge in [-0.25, -0.2) is 0 Å². The first-order valence-corrected chi connectivity index (χ1v) is 9.70. The average Bonchev–Trinajstić information content (AvgIpc) is 2.41. The van der Waals surface area contributed by atoms with Crippen LogP contribution in [0.25, 0.3) is 0 Å². The number of benzene rings is 1. The molecule has 2 nitrogen and oxygen atoms in total. The van der Waals surface area contributed by atoms with Crippen molar-refractivity contribution in [3.05, 3.63) is 28.2 Å². The average molecular weight is 378 g/mol. The largest absolute Gasteiger partial charge is 0.496 e. The van der Waals surface area contributed by atoms with E-state index in [0.29, 0.717) is 16.4 Å². The maximum Gasteiger partial charge on any atom is 0.133 e. The molecule has 4 aliphatic carbocycles. The summed E-state index contributed by atoms with van der Waals surface area (Å²) in [6, 6.07) is 6.43. The molecular weight excluding hydrogens is 350 g/mol. The topological polar surface area (TPSA) is 21.3 Å². The minimum absolute atomic E-state index is 0.370. The van der Waals surface area contributed by atoms with Crippen molar-refractivity contribution >= 4 is 15.9 Å². The summed E-state index contributed by atoms with van der Waals surface area (Å²) in [6.45, 7) is 6.04. The number of halogens is 1. The van der Waals surface area contributed by atoms with E-state index in [1.165, 1.54) is 44.1 Å². The second-order valence-corrected chi connectivity index (χ2v) is 10.1. The first kappa shape index (κ1) is 16.0. The Labute approximate surface area is 148 Å². The molecule has 0 radical (unpaired) electrons. The number of ether oxygens (including phenoxy) is 1. The minimum Gasteiger partial charge on any atom is -0.496 e. The van der Waals surface area contributed by atoms with E-state index in [9.17, 15) is 0 Å². The molecular formula is C20H28BrNO. The standard InChI is InChI=1S/C20H28BrNO/c1-18-7-15-8-19(2,11-18)13-20(9-15,12-18)22-10-14-4-5-17(23-3)16(21)6-14/h4-6,15,22H,7-13H2,1-3H3. The van der Waals surface area contributed by atoms with Gasteiger partial charge in [-0.2, -0.15) is 0 Å². The van der Waals surface area contributed by atoms with Gasteiger partial charge in [0.25, 0.3) is 0 Å². The quantitative estimate of drug-likeness (QED) is 0.768. The van der Waals surface area contributed by atoms with Gasteiger partial charge in [-0.1, -0.05) is 19.9 Å². The molecule has 4 saturated carbocycles. The normalized spacial score (nSPS) is 41.3. The highest BCUT2D eigenvalue weighted by Gasteiger charge is 2.59. The lowest BCUT2D eigenvalue weighted by Gasteiger charge is -2.65. The third kappa shape index (κ3) is 2.84. The number of hydrogen-bond donors (Lipinski definition) is 1. The highest BCUT2D eigenvalue weighted by Crippen LogP contribution is 2.66. The maximum atomic E-state index is 5.34. The highest BCUT2D eigenvalue weighted by atomic mass is 79.9. The van der Waals surface area contributed by atoms with Crippen LogP contribution in [-0.4, -0.2) is 12.6 Å². The van der Waals surface area contributed by atoms with E-state index >= 15 is 0 Å². The van der Waals surface area contributed by atoms with Crippen molar-refractivity contribution in [1.82, 2.24) is 5.32 Å². The van der Waals surface area contributed by atoms with Crippen LogP contribution in [0.5, 0.6) is 5.75 Å². The van der Waals surface area contributed by atoms with E-state index < -0.39 is 0 Å². The smallest absolute Gasteiger partial charge is 0.133 e. The van der Waals surface area contributed by atoms with Crippen LogP contribution >= 0.6 is 15.9 Å². The summed E-state index contributed by atoms with van der Waals surface area (Å²) >= 11 is 3.61. The Kier molecular flexibility index (Phi) is 3.63. The van der Waals surface area contributed by atoms with Gasteiger partial charge >= 0.3 is 0 Å². The Hall–Kier alpha value is -0.540. The Morgan fingerprint density at radius 1 is 1.13 bits per heavy atom. The highest BCUT2D eigenvalue weighted by molar-refractivity contribution is 9.10. The molecule has 2 atom stereocenters. The summed E-state index contributed by atoms with van der Waals surface area (Å²) in [4.78, 5) is 0. The molecule has 0 aromatic heterocycles. The lowest BCUT2D eigenvalue weighted by molar-refractivity contribution is -0.118. The summed E-state index contributed by atoms with van der Waals surface area (Å²) in [5.41, 5.74) is 2.85. The van der Waals surface area contributed by atoms with E-state index in [-0.39, 0.29) is 0 Å². The van der Waals surface area contributed by atoms with Crippen molar-refractivity contribution in [3.63, 3.8) is 0 Å². The summed E-state index contributed by atoms with van der Waals surface area (Å²) in [6.07, 6.45) is 8.47. The Balaban J connectivity index is 1.52. The van der Waals surface area contributed by atoms with Crippen molar-refractivity contribution in [2.45, 2.75) is 64.5 Å². The third-order valence-electron chi connectivity index (χ3n) is 6.51. The molecule has 4 bridgehead atoms. The molecule has 1 aromatic carbocycles.